The minimum Gasteiger partial charge on any atom is -0.326 e. The normalized spacial score (nSPS) is 11.5. The summed E-state index contributed by atoms with van der Waals surface area (Å²) in [4.78, 5) is 12.3. The molecular formula is C20H26N2O3S. The minimum absolute atomic E-state index is 0.0296. The van der Waals surface area contributed by atoms with Crippen molar-refractivity contribution < 1.29 is 13.2 Å². The van der Waals surface area contributed by atoms with Crippen molar-refractivity contribution in [1.29, 1.82) is 0 Å². The molecule has 0 saturated carbocycles. The third-order valence-corrected chi connectivity index (χ3v) is 5.81. The smallest absolute Gasteiger partial charge is 0.240 e. The summed E-state index contributed by atoms with van der Waals surface area (Å²) in [6.07, 6.45) is 2.18. The summed E-state index contributed by atoms with van der Waals surface area (Å²) in [7, 11) is -3.56. The first kappa shape index (κ1) is 20.1. The Morgan fingerprint density at radius 2 is 1.58 bits per heavy atom. The standard InChI is InChI=1S/C20H26N2O3S/c1-3-17(4-2)20(23)22-18-10-12-19(13-11-18)26(24,25)21-15-14-16-8-6-5-7-9-16/h5-13,17,21H,3-4,14-15H2,1-2H3,(H,22,23). The van der Waals surface area contributed by atoms with Crippen LogP contribution in [0.25, 0.3) is 0 Å². The molecule has 2 aromatic carbocycles. The Kier molecular flexibility index (Phi) is 7.36. The van der Waals surface area contributed by atoms with Crippen LogP contribution in [0.3, 0.4) is 0 Å². The first-order chi connectivity index (χ1) is 12.5. The van der Waals surface area contributed by atoms with Gasteiger partial charge in [0.1, 0.15) is 0 Å². The predicted octanol–water partition coefficient (Wildman–Crippen LogP) is 3.58. The van der Waals surface area contributed by atoms with Crippen molar-refractivity contribution in [3.63, 3.8) is 0 Å². The summed E-state index contributed by atoms with van der Waals surface area (Å²) in [5, 5.41) is 2.83. The molecule has 6 heteroatoms. The lowest BCUT2D eigenvalue weighted by Crippen LogP contribution is -2.26. The Labute approximate surface area is 155 Å². The molecule has 0 heterocycles. The highest BCUT2D eigenvalue weighted by molar-refractivity contribution is 7.89. The number of amides is 1. The van der Waals surface area contributed by atoms with Gasteiger partial charge in [0.05, 0.1) is 4.90 Å². The van der Waals surface area contributed by atoms with Crippen LogP contribution in [-0.2, 0) is 21.2 Å². The van der Waals surface area contributed by atoms with Crippen molar-refractivity contribution in [2.45, 2.75) is 38.0 Å². The molecule has 2 N–H and O–H groups in total. The molecule has 0 fully saturated rings. The summed E-state index contributed by atoms with van der Waals surface area (Å²) < 4.78 is 27.3. The molecule has 5 nitrogen and oxygen atoms in total. The van der Waals surface area contributed by atoms with Crippen LogP contribution in [0.2, 0.25) is 0 Å². The van der Waals surface area contributed by atoms with E-state index in [2.05, 4.69) is 10.0 Å². The molecule has 0 saturated heterocycles. The van der Waals surface area contributed by atoms with Gasteiger partial charge in [0, 0.05) is 18.2 Å². The zero-order valence-electron chi connectivity index (χ0n) is 15.2. The fraction of sp³-hybridized carbons (Fsp3) is 0.350. The third kappa shape index (κ3) is 5.68. The van der Waals surface area contributed by atoms with Gasteiger partial charge in [-0.05, 0) is 49.1 Å². The maximum absolute atomic E-state index is 12.4. The number of hydrogen-bond donors (Lipinski definition) is 2. The number of rotatable bonds is 9. The first-order valence-corrected chi connectivity index (χ1v) is 10.4. The molecule has 0 aliphatic heterocycles. The highest BCUT2D eigenvalue weighted by atomic mass is 32.2. The van der Waals surface area contributed by atoms with Crippen molar-refractivity contribution in [3.05, 3.63) is 60.2 Å². The summed E-state index contributed by atoms with van der Waals surface area (Å²) in [5.41, 5.74) is 1.68. The van der Waals surface area contributed by atoms with Crippen LogP contribution in [0, 0.1) is 5.92 Å². The topological polar surface area (TPSA) is 75.3 Å². The maximum atomic E-state index is 12.4. The Morgan fingerprint density at radius 1 is 0.962 bits per heavy atom. The number of sulfonamides is 1. The van der Waals surface area contributed by atoms with Crippen LogP contribution < -0.4 is 10.0 Å². The summed E-state index contributed by atoms with van der Waals surface area (Å²) in [6.45, 7) is 4.29. The molecule has 0 radical (unpaired) electrons. The molecule has 1 amide bonds. The van der Waals surface area contributed by atoms with E-state index in [0.717, 1.165) is 18.4 Å². The molecule has 2 aromatic rings. The van der Waals surface area contributed by atoms with Crippen LogP contribution in [0.1, 0.15) is 32.3 Å². The van der Waals surface area contributed by atoms with Crippen molar-refractivity contribution in [2.75, 3.05) is 11.9 Å². The summed E-state index contributed by atoms with van der Waals surface area (Å²) in [6, 6.07) is 16.0. The molecule has 0 aromatic heterocycles. The number of carbonyl (C=O) groups excluding carboxylic acids is 1. The van der Waals surface area contributed by atoms with Gasteiger partial charge in [0.25, 0.3) is 0 Å². The van der Waals surface area contributed by atoms with Gasteiger partial charge in [0.15, 0.2) is 0 Å². The predicted molar refractivity (Wildman–Crippen MR) is 104 cm³/mol. The zero-order valence-corrected chi connectivity index (χ0v) is 16.1. The summed E-state index contributed by atoms with van der Waals surface area (Å²) >= 11 is 0. The largest absolute Gasteiger partial charge is 0.326 e. The number of carbonyl (C=O) groups is 1. The third-order valence-electron chi connectivity index (χ3n) is 4.34. The molecule has 0 atom stereocenters. The van der Waals surface area contributed by atoms with Crippen molar-refractivity contribution in [2.24, 2.45) is 5.92 Å². The molecule has 140 valence electrons. The maximum Gasteiger partial charge on any atom is 0.240 e. The van der Waals surface area contributed by atoms with Crippen LogP contribution in [0.15, 0.2) is 59.5 Å². The van der Waals surface area contributed by atoms with E-state index in [9.17, 15) is 13.2 Å². The number of anilines is 1. The van der Waals surface area contributed by atoms with E-state index in [1.165, 1.54) is 12.1 Å². The number of benzene rings is 2. The Bertz CT molecular complexity index is 799. The number of nitrogens with one attached hydrogen (secondary N) is 2. The van der Waals surface area contributed by atoms with Gasteiger partial charge in [-0.15, -0.1) is 0 Å². The Morgan fingerprint density at radius 3 is 2.15 bits per heavy atom. The Hall–Kier alpha value is -2.18. The lowest BCUT2D eigenvalue weighted by atomic mass is 10.0. The molecule has 2 rings (SSSR count). The van der Waals surface area contributed by atoms with Crippen LogP contribution >= 0.6 is 0 Å². The van der Waals surface area contributed by atoms with Crippen molar-refractivity contribution >= 4 is 21.6 Å². The van der Waals surface area contributed by atoms with E-state index in [1.54, 1.807) is 12.1 Å². The van der Waals surface area contributed by atoms with Crippen molar-refractivity contribution in [3.8, 4) is 0 Å². The van der Waals surface area contributed by atoms with Crippen LogP contribution in [-0.4, -0.2) is 20.9 Å². The second-order valence-corrected chi connectivity index (χ2v) is 7.93. The van der Waals surface area contributed by atoms with E-state index < -0.39 is 10.0 Å². The lowest BCUT2D eigenvalue weighted by molar-refractivity contribution is -0.120. The van der Waals surface area contributed by atoms with Gasteiger partial charge in [-0.3, -0.25) is 4.79 Å². The highest BCUT2D eigenvalue weighted by Gasteiger charge is 2.16. The molecule has 0 bridgehead atoms. The highest BCUT2D eigenvalue weighted by Crippen LogP contribution is 2.16. The zero-order chi connectivity index (χ0) is 19.0. The molecule has 0 spiro atoms. The van der Waals surface area contributed by atoms with Gasteiger partial charge < -0.3 is 5.32 Å². The van der Waals surface area contributed by atoms with Gasteiger partial charge in [0.2, 0.25) is 15.9 Å². The van der Waals surface area contributed by atoms with Gasteiger partial charge in [-0.2, -0.15) is 0 Å². The van der Waals surface area contributed by atoms with Crippen LogP contribution in [0.5, 0.6) is 0 Å². The average molecular weight is 375 g/mol. The van der Waals surface area contributed by atoms with E-state index in [-0.39, 0.29) is 16.7 Å². The van der Waals surface area contributed by atoms with Gasteiger partial charge in [-0.25, -0.2) is 13.1 Å². The van der Waals surface area contributed by atoms with E-state index in [4.69, 9.17) is 0 Å². The van der Waals surface area contributed by atoms with Gasteiger partial charge in [-0.1, -0.05) is 44.2 Å². The fourth-order valence-corrected chi connectivity index (χ4v) is 3.71. The average Bonchev–Trinajstić information content (AvgIpc) is 2.64. The molecular weight excluding hydrogens is 348 g/mol. The molecule has 0 aliphatic carbocycles. The Balaban J connectivity index is 1.94. The second kappa shape index (κ2) is 9.50. The van der Waals surface area contributed by atoms with E-state index >= 15 is 0 Å². The van der Waals surface area contributed by atoms with Crippen LogP contribution in [0.4, 0.5) is 5.69 Å². The van der Waals surface area contributed by atoms with E-state index in [0.29, 0.717) is 18.7 Å². The van der Waals surface area contributed by atoms with E-state index in [1.807, 2.05) is 44.2 Å². The molecule has 0 unspecified atom stereocenters. The molecule has 26 heavy (non-hydrogen) atoms. The van der Waals surface area contributed by atoms with Crippen molar-refractivity contribution in [1.82, 2.24) is 4.72 Å². The fourth-order valence-electron chi connectivity index (χ4n) is 2.68. The second-order valence-electron chi connectivity index (χ2n) is 6.16. The lowest BCUT2D eigenvalue weighted by Gasteiger charge is -2.13. The first-order valence-electron chi connectivity index (χ1n) is 8.90. The SMILES string of the molecule is CCC(CC)C(=O)Nc1ccc(S(=O)(=O)NCCc2ccccc2)cc1. The monoisotopic (exact) mass is 374 g/mol. The summed E-state index contributed by atoms with van der Waals surface area (Å²) in [5.74, 6) is -0.0651. The minimum atomic E-state index is -3.56. The quantitative estimate of drug-likeness (QED) is 0.704. The number of hydrogen-bond acceptors (Lipinski definition) is 3. The molecule has 0 aliphatic rings. The van der Waals surface area contributed by atoms with Gasteiger partial charge >= 0.3 is 0 Å².